The van der Waals surface area contributed by atoms with E-state index in [1.54, 1.807) is 0 Å². The van der Waals surface area contributed by atoms with E-state index in [-0.39, 0.29) is 0 Å². The molecule has 0 bridgehead atoms. The number of fused-ring (bicyclic) bond motifs is 2. The van der Waals surface area contributed by atoms with Crippen LogP contribution in [0.5, 0.6) is 0 Å². The van der Waals surface area contributed by atoms with Gasteiger partial charge in [-0.2, -0.15) is 4.52 Å². The van der Waals surface area contributed by atoms with Gasteiger partial charge in [0.15, 0.2) is 11.5 Å². The molecule has 0 aliphatic carbocycles. The molecule has 27 heavy (non-hydrogen) atoms. The van der Waals surface area contributed by atoms with Crippen LogP contribution in [0.2, 0.25) is 0 Å². The molecule has 5 rings (SSSR count). The first-order valence-corrected chi connectivity index (χ1v) is 9.72. The third-order valence-corrected chi connectivity index (χ3v) is 5.73. The van der Waals surface area contributed by atoms with Crippen molar-refractivity contribution in [2.45, 2.75) is 44.7 Å². The third kappa shape index (κ3) is 2.95. The van der Waals surface area contributed by atoms with Crippen molar-refractivity contribution in [1.82, 2.24) is 39.5 Å². The minimum atomic E-state index is 0.394. The van der Waals surface area contributed by atoms with Gasteiger partial charge in [0, 0.05) is 33.0 Å². The fourth-order valence-electron chi connectivity index (χ4n) is 4.17. The number of anilines is 1. The van der Waals surface area contributed by atoms with Crippen molar-refractivity contribution in [3.8, 4) is 0 Å². The number of nitrogens with zero attached hydrogens (tertiary/aromatic N) is 9. The Hall–Kier alpha value is -2.55. The third-order valence-electron chi connectivity index (χ3n) is 5.73. The fourth-order valence-corrected chi connectivity index (χ4v) is 4.17. The Labute approximate surface area is 158 Å². The van der Waals surface area contributed by atoms with Gasteiger partial charge in [0.25, 0.3) is 0 Å². The molecule has 0 unspecified atom stereocenters. The lowest BCUT2D eigenvalue weighted by atomic mass is 9.96. The van der Waals surface area contributed by atoms with Crippen LogP contribution in [0.15, 0.2) is 12.1 Å². The molecule has 0 saturated carbocycles. The highest BCUT2D eigenvalue weighted by Gasteiger charge is 2.27. The number of rotatable bonds is 4. The van der Waals surface area contributed by atoms with Crippen molar-refractivity contribution in [2.24, 2.45) is 0 Å². The van der Waals surface area contributed by atoms with E-state index in [9.17, 15) is 0 Å². The Balaban J connectivity index is 1.29. The topological polar surface area (TPSA) is 80.3 Å². The van der Waals surface area contributed by atoms with Gasteiger partial charge in [-0.25, -0.2) is 0 Å². The van der Waals surface area contributed by atoms with Crippen molar-refractivity contribution in [3.05, 3.63) is 29.6 Å². The summed E-state index contributed by atoms with van der Waals surface area (Å²) in [5.41, 5.74) is 0.817. The zero-order valence-corrected chi connectivity index (χ0v) is 15.9. The molecule has 3 aromatic heterocycles. The van der Waals surface area contributed by atoms with Gasteiger partial charge in [0.2, 0.25) is 0 Å². The molecule has 1 saturated heterocycles. The summed E-state index contributed by atoms with van der Waals surface area (Å²) in [5, 5.41) is 22.2. The molecule has 0 radical (unpaired) electrons. The summed E-state index contributed by atoms with van der Waals surface area (Å²) in [5.74, 6) is 4.56. The van der Waals surface area contributed by atoms with Crippen molar-refractivity contribution in [3.63, 3.8) is 0 Å². The molecule has 0 aromatic carbocycles. The highest BCUT2D eigenvalue weighted by Crippen LogP contribution is 2.28. The molecule has 142 valence electrons. The maximum absolute atomic E-state index is 4.71. The van der Waals surface area contributed by atoms with Crippen LogP contribution in [0, 0.1) is 0 Å². The van der Waals surface area contributed by atoms with E-state index in [1.807, 2.05) is 35.6 Å². The lowest BCUT2D eigenvalue weighted by molar-refractivity contribution is 0.194. The van der Waals surface area contributed by atoms with Gasteiger partial charge in [0.05, 0.1) is 6.54 Å². The summed E-state index contributed by atoms with van der Waals surface area (Å²) in [7, 11) is 4.00. The zero-order valence-electron chi connectivity index (χ0n) is 15.9. The lowest BCUT2D eigenvalue weighted by Crippen LogP contribution is -2.34. The Morgan fingerprint density at radius 2 is 1.89 bits per heavy atom. The minimum Gasteiger partial charge on any atom is -0.361 e. The molecule has 3 aromatic rings. The summed E-state index contributed by atoms with van der Waals surface area (Å²) in [6, 6.07) is 3.97. The molecule has 0 atom stereocenters. The average molecular weight is 367 g/mol. The number of hydrogen-bond acceptors (Lipinski definition) is 7. The van der Waals surface area contributed by atoms with Crippen LogP contribution < -0.4 is 4.90 Å². The summed E-state index contributed by atoms with van der Waals surface area (Å²) in [6.07, 6.45) is 4.39. The predicted octanol–water partition coefficient (Wildman–Crippen LogP) is 1.11. The monoisotopic (exact) mass is 367 g/mol. The van der Waals surface area contributed by atoms with Gasteiger partial charge in [-0.3, -0.25) is 4.90 Å². The molecule has 0 spiro atoms. The van der Waals surface area contributed by atoms with Crippen LogP contribution in [0.3, 0.4) is 0 Å². The van der Waals surface area contributed by atoms with Crippen LogP contribution in [0.4, 0.5) is 5.82 Å². The van der Waals surface area contributed by atoms with Crippen LogP contribution in [0.1, 0.15) is 42.7 Å². The van der Waals surface area contributed by atoms with Crippen molar-refractivity contribution in [2.75, 3.05) is 32.1 Å². The fraction of sp³-hybridized carbons (Fsp3) is 0.611. The maximum atomic E-state index is 4.71. The molecule has 1 fully saturated rings. The minimum absolute atomic E-state index is 0.394. The molecule has 2 aliphatic rings. The van der Waals surface area contributed by atoms with Crippen LogP contribution in [-0.2, 0) is 19.5 Å². The molecular weight excluding hydrogens is 342 g/mol. The Bertz CT molecular complexity index is 949. The Kier molecular flexibility index (Phi) is 4.04. The summed E-state index contributed by atoms with van der Waals surface area (Å²) in [6.45, 7) is 4.04. The van der Waals surface area contributed by atoms with E-state index in [2.05, 4.69) is 29.9 Å². The molecule has 2 aliphatic heterocycles. The normalized spacial score (nSPS) is 18.3. The van der Waals surface area contributed by atoms with Crippen molar-refractivity contribution in [1.29, 1.82) is 0 Å². The standard InChI is InChI=1S/C18H25N9/c1-24(2)16-6-5-15-20-22-18(27(15)23-16)13-7-10-25(11-8-13)12-17-21-19-14-4-3-9-26(14)17/h5-6,13H,3-4,7-12H2,1-2H3. The molecule has 9 heteroatoms. The van der Waals surface area contributed by atoms with Crippen LogP contribution in [0.25, 0.3) is 5.65 Å². The largest absolute Gasteiger partial charge is 0.361 e. The Morgan fingerprint density at radius 1 is 1.04 bits per heavy atom. The number of piperidine rings is 1. The van der Waals surface area contributed by atoms with Gasteiger partial charge < -0.3 is 9.47 Å². The van der Waals surface area contributed by atoms with E-state index < -0.39 is 0 Å². The molecule has 5 heterocycles. The van der Waals surface area contributed by atoms with Gasteiger partial charge in [-0.05, 0) is 44.5 Å². The molecular formula is C18H25N9. The van der Waals surface area contributed by atoms with Gasteiger partial charge in [-0.1, -0.05) is 0 Å². The smallest absolute Gasteiger partial charge is 0.178 e. The SMILES string of the molecule is CN(C)c1ccc2nnc(C3CCN(Cc4nnc5n4CCC5)CC3)n2n1. The highest BCUT2D eigenvalue weighted by molar-refractivity contribution is 5.45. The van der Waals surface area contributed by atoms with E-state index in [1.165, 1.54) is 6.42 Å². The number of aryl methyl sites for hydroxylation is 1. The first kappa shape index (κ1) is 16.6. The second kappa shape index (κ2) is 6.56. The van der Waals surface area contributed by atoms with Gasteiger partial charge in [0.1, 0.15) is 17.5 Å². The lowest BCUT2D eigenvalue weighted by Gasteiger charge is -2.30. The summed E-state index contributed by atoms with van der Waals surface area (Å²) >= 11 is 0. The average Bonchev–Trinajstić information content (AvgIpc) is 3.39. The maximum Gasteiger partial charge on any atom is 0.178 e. The molecule has 9 nitrogen and oxygen atoms in total. The zero-order chi connectivity index (χ0) is 18.4. The predicted molar refractivity (Wildman–Crippen MR) is 101 cm³/mol. The van der Waals surface area contributed by atoms with Crippen molar-refractivity contribution < 1.29 is 0 Å². The number of hydrogen-bond donors (Lipinski definition) is 0. The molecule has 0 N–H and O–H groups in total. The van der Waals surface area contributed by atoms with Gasteiger partial charge in [-0.15, -0.1) is 25.5 Å². The number of likely N-dealkylation sites (tertiary alicyclic amines) is 1. The number of aromatic nitrogens is 7. The first-order valence-electron chi connectivity index (χ1n) is 9.72. The van der Waals surface area contributed by atoms with E-state index >= 15 is 0 Å². The first-order chi connectivity index (χ1) is 13.2. The highest BCUT2D eigenvalue weighted by atomic mass is 15.4. The quantitative estimate of drug-likeness (QED) is 0.683. The van der Waals surface area contributed by atoms with Crippen molar-refractivity contribution >= 4 is 11.5 Å². The van der Waals surface area contributed by atoms with Crippen LogP contribution in [-0.4, -0.2) is 66.7 Å². The second-order valence-electron chi connectivity index (χ2n) is 7.75. The second-order valence-corrected chi connectivity index (χ2v) is 7.75. The Morgan fingerprint density at radius 3 is 2.70 bits per heavy atom. The van der Waals surface area contributed by atoms with E-state index in [0.717, 1.165) is 74.4 Å². The van der Waals surface area contributed by atoms with E-state index in [0.29, 0.717) is 5.92 Å². The summed E-state index contributed by atoms with van der Waals surface area (Å²) < 4.78 is 4.21. The van der Waals surface area contributed by atoms with Gasteiger partial charge >= 0.3 is 0 Å². The van der Waals surface area contributed by atoms with Crippen LogP contribution >= 0.6 is 0 Å². The summed E-state index contributed by atoms with van der Waals surface area (Å²) in [4.78, 5) is 4.48. The van der Waals surface area contributed by atoms with E-state index in [4.69, 9.17) is 5.10 Å². The molecule has 0 amide bonds.